The van der Waals surface area contributed by atoms with E-state index >= 15 is 0 Å². The Balaban J connectivity index is 2.05. The van der Waals surface area contributed by atoms with Crippen molar-refractivity contribution in [1.82, 2.24) is 30.8 Å². The molecule has 1 aromatic heterocycles. The number of carboxylic acids is 2. The minimum atomic E-state index is -1.28. The van der Waals surface area contributed by atoms with Gasteiger partial charge in [-0.3, -0.25) is 24.0 Å². The van der Waals surface area contributed by atoms with Crippen molar-refractivity contribution < 1.29 is 39.0 Å². The van der Waals surface area contributed by atoms with Crippen molar-refractivity contribution in [3.05, 3.63) is 18.2 Å². The van der Waals surface area contributed by atoms with E-state index in [0.717, 1.165) is 0 Å². The number of rotatable bonds is 15. The van der Waals surface area contributed by atoms with Crippen molar-refractivity contribution in [2.24, 2.45) is 11.7 Å². The van der Waals surface area contributed by atoms with E-state index in [2.05, 4.69) is 25.9 Å². The van der Waals surface area contributed by atoms with E-state index in [-0.39, 0.29) is 25.3 Å². The average Bonchev–Trinajstić information content (AvgIpc) is 3.60. The summed E-state index contributed by atoms with van der Waals surface area (Å²) in [5.74, 6) is -5.30. The molecule has 0 radical (unpaired) electrons. The van der Waals surface area contributed by atoms with Gasteiger partial charge in [0.1, 0.15) is 24.2 Å². The monoisotopic (exact) mass is 565 g/mol. The van der Waals surface area contributed by atoms with Crippen molar-refractivity contribution in [1.29, 1.82) is 0 Å². The molecule has 2 rings (SSSR count). The molecule has 0 aromatic carbocycles. The summed E-state index contributed by atoms with van der Waals surface area (Å²) in [5, 5.41) is 26.1. The zero-order valence-corrected chi connectivity index (χ0v) is 22.9. The minimum Gasteiger partial charge on any atom is -0.481 e. The fraction of sp³-hybridized carbons (Fsp3) is 0.640. The Bertz CT molecular complexity index is 1060. The normalized spacial score (nSPS) is 18.6. The highest BCUT2D eigenvalue weighted by atomic mass is 16.4. The molecule has 0 bridgehead atoms. The second-order valence-corrected chi connectivity index (χ2v) is 10.0. The van der Waals surface area contributed by atoms with Crippen LogP contribution in [0.2, 0.25) is 0 Å². The van der Waals surface area contributed by atoms with Crippen LogP contribution in [0.4, 0.5) is 0 Å². The van der Waals surface area contributed by atoms with E-state index in [1.165, 1.54) is 24.3 Å². The highest BCUT2D eigenvalue weighted by Crippen LogP contribution is 2.20. The molecule has 1 fully saturated rings. The van der Waals surface area contributed by atoms with Crippen LogP contribution in [0.1, 0.15) is 58.6 Å². The summed E-state index contributed by atoms with van der Waals surface area (Å²) >= 11 is 0. The third-order valence-electron chi connectivity index (χ3n) is 6.96. The first-order valence-corrected chi connectivity index (χ1v) is 13.2. The Morgan fingerprint density at radius 1 is 1.12 bits per heavy atom. The number of nitrogens with two attached hydrogens (primary N) is 1. The van der Waals surface area contributed by atoms with Gasteiger partial charge in [-0.15, -0.1) is 0 Å². The Morgan fingerprint density at radius 3 is 2.40 bits per heavy atom. The standard InChI is InChI=1S/C25H39N7O8/c1-4-13(2)20(25(39)40)31-23(37)18-6-5-9-32(18)24(38)14(3)29-22(36)17(7-8-19(33)34)30-21(35)16(26)10-15-11-27-12-28-15/h11-14,16-18,20H,4-10,26H2,1-3H3,(H,27,28)(H,29,36)(H,30,35)(H,31,37)(H,33,34)(H,39,40). The smallest absolute Gasteiger partial charge is 0.326 e. The molecule has 1 saturated heterocycles. The Labute approximate surface area is 231 Å². The molecule has 40 heavy (non-hydrogen) atoms. The molecule has 2 heterocycles. The molecule has 8 N–H and O–H groups in total. The van der Waals surface area contributed by atoms with Gasteiger partial charge in [0.2, 0.25) is 23.6 Å². The fourth-order valence-corrected chi connectivity index (χ4v) is 4.40. The quantitative estimate of drug-likeness (QED) is 0.133. The molecule has 1 aliphatic heterocycles. The van der Waals surface area contributed by atoms with E-state index < -0.39 is 72.2 Å². The van der Waals surface area contributed by atoms with Gasteiger partial charge in [-0.25, -0.2) is 9.78 Å². The Hall–Kier alpha value is -4.01. The molecule has 0 saturated carbocycles. The zero-order chi connectivity index (χ0) is 30.0. The number of imidazole rings is 1. The number of aliphatic carboxylic acids is 2. The minimum absolute atomic E-state index is 0.103. The summed E-state index contributed by atoms with van der Waals surface area (Å²) in [6.07, 6.45) is 3.72. The number of hydrogen-bond donors (Lipinski definition) is 7. The third kappa shape index (κ3) is 9.03. The summed E-state index contributed by atoms with van der Waals surface area (Å²) in [4.78, 5) is 82.5. The van der Waals surface area contributed by atoms with E-state index in [4.69, 9.17) is 10.8 Å². The van der Waals surface area contributed by atoms with Crippen LogP contribution in [0, 0.1) is 5.92 Å². The predicted octanol–water partition coefficient (Wildman–Crippen LogP) is -1.26. The average molecular weight is 566 g/mol. The number of carbonyl (C=O) groups excluding carboxylic acids is 4. The topological polar surface area (TPSA) is 237 Å². The zero-order valence-electron chi connectivity index (χ0n) is 22.9. The SMILES string of the molecule is CCC(C)C(NC(=O)C1CCCN1C(=O)C(C)NC(=O)C(CCC(=O)O)NC(=O)C(N)Cc1cnc[nH]1)C(=O)O. The first-order chi connectivity index (χ1) is 18.8. The number of hydrogen-bond acceptors (Lipinski definition) is 8. The van der Waals surface area contributed by atoms with Crippen LogP contribution < -0.4 is 21.7 Å². The van der Waals surface area contributed by atoms with Crippen LogP contribution in [0.5, 0.6) is 0 Å². The number of amides is 4. The first kappa shape index (κ1) is 32.2. The highest BCUT2D eigenvalue weighted by Gasteiger charge is 2.39. The van der Waals surface area contributed by atoms with Crippen molar-refractivity contribution in [3.63, 3.8) is 0 Å². The van der Waals surface area contributed by atoms with Crippen molar-refractivity contribution in [3.8, 4) is 0 Å². The number of likely N-dealkylation sites (tertiary alicyclic amines) is 1. The lowest BCUT2D eigenvalue weighted by molar-refractivity contribution is -0.146. The van der Waals surface area contributed by atoms with Gasteiger partial charge in [-0.1, -0.05) is 20.3 Å². The van der Waals surface area contributed by atoms with Gasteiger partial charge in [-0.05, 0) is 32.1 Å². The van der Waals surface area contributed by atoms with Gasteiger partial charge in [0.15, 0.2) is 0 Å². The van der Waals surface area contributed by atoms with Crippen LogP contribution in [-0.4, -0.2) is 97.4 Å². The van der Waals surface area contributed by atoms with E-state index in [1.54, 1.807) is 6.92 Å². The van der Waals surface area contributed by atoms with Gasteiger partial charge in [0, 0.05) is 31.3 Å². The van der Waals surface area contributed by atoms with Crippen LogP contribution >= 0.6 is 0 Å². The van der Waals surface area contributed by atoms with Crippen LogP contribution in [0.3, 0.4) is 0 Å². The van der Waals surface area contributed by atoms with Gasteiger partial charge in [0.05, 0.1) is 12.4 Å². The van der Waals surface area contributed by atoms with Crippen LogP contribution in [-0.2, 0) is 35.2 Å². The number of nitrogens with zero attached hydrogens (tertiary/aromatic N) is 2. The summed E-state index contributed by atoms with van der Waals surface area (Å²) in [7, 11) is 0. The molecule has 6 atom stereocenters. The predicted molar refractivity (Wildman–Crippen MR) is 140 cm³/mol. The molecule has 15 heteroatoms. The lowest BCUT2D eigenvalue weighted by Gasteiger charge is -2.29. The van der Waals surface area contributed by atoms with Gasteiger partial charge in [-0.2, -0.15) is 0 Å². The largest absolute Gasteiger partial charge is 0.481 e. The Morgan fingerprint density at radius 2 is 1.82 bits per heavy atom. The van der Waals surface area contributed by atoms with E-state index in [0.29, 0.717) is 25.0 Å². The lowest BCUT2D eigenvalue weighted by atomic mass is 9.98. The number of carboxylic acid groups (broad SMARTS) is 2. The summed E-state index contributed by atoms with van der Waals surface area (Å²) in [6, 6.07) is -5.45. The molecule has 15 nitrogen and oxygen atoms in total. The number of aromatic nitrogens is 2. The molecular formula is C25H39N7O8. The summed E-state index contributed by atoms with van der Waals surface area (Å²) in [5.41, 5.74) is 6.52. The maximum atomic E-state index is 13.2. The molecule has 4 amide bonds. The van der Waals surface area contributed by atoms with Gasteiger partial charge >= 0.3 is 11.9 Å². The van der Waals surface area contributed by atoms with Gasteiger partial charge in [0.25, 0.3) is 0 Å². The molecule has 6 unspecified atom stereocenters. The molecule has 0 spiro atoms. The molecule has 1 aromatic rings. The van der Waals surface area contributed by atoms with E-state index in [1.807, 2.05) is 6.92 Å². The second kappa shape index (κ2) is 15.0. The van der Waals surface area contributed by atoms with Crippen molar-refractivity contribution in [2.75, 3.05) is 6.54 Å². The maximum absolute atomic E-state index is 13.2. The maximum Gasteiger partial charge on any atom is 0.326 e. The molecular weight excluding hydrogens is 526 g/mol. The summed E-state index contributed by atoms with van der Waals surface area (Å²) < 4.78 is 0. The molecule has 1 aliphatic rings. The van der Waals surface area contributed by atoms with Crippen molar-refractivity contribution >= 4 is 35.6 Å². The molecule has 0 aliphatic carbocycles. The fourth-order valence-electron chi connectivity index (χ4n) is 4.40. The number of nitrogens with one attached hydrogen (secondary N) is 4. The number of carbonyl (C=O) groups is 6. The summed E-state index contributed by atoms with van der Waals surface area (Å²) in [6.45, 7) is 5.16. The first-order valence-electron chi connectivity index (χ1n) is 13.2. The Kier molecular flexibility index (Phi) is 12.0. The van der Waals surface area contributed by atoms with Crippen molar-refractivity contribution in [2.45, 2.75) is 89.5 Å². The van der Waals surface area contributed by atoms with E-state index in [9.17, 15) is 33.9 Å². The second-order valence-electron chi connectivity index (χ2n) is 10.0. The highest BCUT2D eigenvalue weighted by molar-refractivity contribution is 5.95. The van der Waals surface area contributed by atoms with Crippen LogP contribution in [0.15, 0.2) is 12.5 Å². The lowest BCUT2D eigenvalue weighted by Crippen LogP contribution is -2.58. The van der Waals surface area contributed by atoms with Crippen LogP contribution in [0.25, 0.3) is 0 Å². The molecule has 222 valence electrons. The third-order valence-corrected chi connectivity index (χ3v) is 6.96. The number of aromatic amines is 1. The van der Waals surface area contributed by atoms with Gasteiger partial charge < -0.3 is 41.8 Å². The number of H-pyrrole nitrogens is 1.